The summed E-state index contributed by atoms with van der Waals surface area (Å²) in [4.78, 5) is 14.8. The van der Waals surface area contributed by atoms with Crippen molar-refractivity contribution in [1.82, 2.24) is 9.21 Å². The number of furan rings is 1. The van der Waals surface area contributed by atoms with Crippen molar-refractivity contribution in [3.8, 4) is 0 Å². The molecule has 0 aliphatic carbocycles. The van der Waals surface area contributed by atoms with Gasteiger partial charge < -0.3 is 9.32 Å². The third-order valence-electron chi connectivity index (χ3n) is 4.99. The fourth-order valence-corrected chi connectivity index (χ4v) is 4.60. The number of rotatable bonds is 10. The predicted octanol–water partition coefficient (Wildman–Crippen LogP) is 4.66. The number of hydrogen-bond donors (Lipinski definition) is 0. The first-order valence-electron chi connectivity index (χ1n) is 10.5. The molecule has 0 unspecified atom stereocenters. The smallest absolute Gasteiger partial charge is 0.238 e. The van der Waals surface area contributed by atoms with Gasteiger partial charge in [0.25, 0.3) is 0 Å². The number of carbonyl (C=O) groups excluding carboxylic acids is 1. The van der Waals surface area contributed by atoms with Crippen molar-refractivity contribution in [3.05, 3.63) is 101 Å². The quantitative estimate of drug-likeness (QED) is 0.432. The Labute approximate surface area is 194 Å². The molecule has 0 radical (unpaired) electrons. The van der Waals surface area contributed by atoms with Gasteiger partial charge in [0.2, 0.25) is 15.9 Å². The molecule has 0 N–H and O–H groups in total. The third-order valence-corrected chi connectivity index (χ3v) is 6.68. The normalized spacial score (nSPS) is 12.0. The van der Waals surface area contributed by atoms with E-state index >= 15 is 0 Å². The number of benzene rings is 2. The summed E-state index contributed by atoms with van der Waals surface area (Å²) in [6, 6.07) is 17.9. The van der Waals surface area contributed by atoms with Crippen molar-refractivity contribution in [1.29, 1.82) is 0 Å². The molecule has 3 aromatic rings. The minimum Gasteiger partial charge on any atom is -0.467 e. The lowest BCUT2D eigenvalue weighted by Gasteiger charge is -2.28. The minimum absolute atomic E-state index is 0.162. The molecule has 3 rings (SSSR count). The number of halogens is 1. The van der Waals surface area contributed by atoms with E-state index in [-0.39, 0.29) is 31.4 Å². The Balaban J connectivity index is 1.80. The first-order valence-corrected chi connectivity index (χ1v) is 12.0. The first kappa shape index (κ1) is 24.4. The van der Waals surface area contributed by atoms with Crippen LogP contribution in [-0.2, 0) is 27.9 Å². The Morgan fingerprint density at radius 3 is 2.30 bits per heavy atom. The highest BCUT2D eigenvalue weighted by Crippen LogP contribution is 2.16. The van der Waals surface area contributed by atoms with Crippen LogP contribution in [0.1, 0.15) is 30.7 Å². The van der Waals surface area contributed by atoms with Crippen molar-refractivity contribution in [3.63, 3.8) is 0 Å². The second-order valence-electron chi connectivity index (χ2n) is 7.85. The number of nitrogens with zero attached hydrogens (tertiary/aromatic N) is 2. The maximum atomic E-state index is 13.3. The highest BCUT2D eigenvalue weighted by atomic mass is 32.2. The largest absolute Gasteiger partial charge is 0.467 e. The van der Waals surface area contributed by atoms with E-state index in [1.54, 1.807) is 50.2 Å². The number of hydrogen-bond acceptors (Lipinski definition) is 4. The average Bonchev–Trinajstić information content (AvgIpc) is 3.30. The molecule has 1 aromatic heterocycles. The van der Waals surface area contributed by atoms with Crippen LogP contribution in [0.4, 0.5) is 4.39 Å². The van der Waals surface area contributed by atoms with Crippen LogP contribution in [0.3, 0.4) is 0 Å². The Hall–Kier alpha value is -3.23. The maximum Gasteiger partial charge on any atom is 0.238 e. The Kier molecular flexibility index (Phi) is 8.19. The van der Waals surface area contributed by atoms with Crippen molar-refractivity contribution in [2.75, 3.05) is 6.54 Å². The lowest BCUT2D eigenvalue weighted by molar-refractivity contribution is -0.133. The summed E-state index contributed by atoms with van der Waals surface area (Å²) in [7, 11) is -3.86. The van der Waals surface area contributed by atoms with Crippen LogP contribution in [0.5, 0.6) is 0 Å². The van der Waals surface area contributed by atoms with Crippen LogP contribution in [0.25, 0.3) is 6.08 Å². The molecule has 174 valence electrons. The lowest BCUT2D eigenvalue weighted by atomic mass is 10.2. The van der Waals surface area contributed by atoms with Gasteiger partial charge in [-0.3, -0.25) is 4.79 Å². The topological polar surface area (TPSA) is 70.8 Å². The van der Waals surface area contributed by atoms with Gasteiger partial charge in [0, 0.05) is 18.0 Å². The molecule has 0 aliphatic heterocycles. The zero-order valence-corrected chi connectivity index (χ0v) is 19.4. The Bertz CT molecular complexity index is 1160. The number of carbonyl (C=O) groups is 1. The number of amides is 1. The van der Waals surface area contributed by atoms with Gasteiger partial charge in [-0.25, -0.2) is 12.8 Å². The van der Waals surface area contributed by atoms with Gasteiger partial charge in [-0.2, -0.15) is 4.31 Å². The molecule has 1 amide bonds. The molecule has 0 spiro atoms. The highest BCUT2D eigenvalue weighted by molar-refractivity contribution is 7.92. The predicted molar refractivity (Wildman–Crippen MR) is 126 cm³/mol. The molecule has 8 heteroatoms. The Morgan fingerprint density at radius 1 is 1.00 bits per heavy atom. The van der Waals surface area contributed by atoms with Crippen LogP contribution >= 0.6 is 0 Å². The van der Waals surface area contributed by atoms with Crippen LogP contribution in [0.15, 0.2) is 82.8 Å². The van der Waals surface area contributed by atoms with Crippen LogP contribution in [-0.4, -0.2) is 36.1 Å². The van der Waals surface area contributed by atoms with Gasteiger partial charge in [-0.1, -0.05) is 42.5 Å². The molecule has 0 saturated heterocycles. The summed E-state index contributed by atoms with van der Waals surface area (Å²) >= 11 is 0. The van der Waals surface area contributed by atoms with Gasteiger partial charge in [-0.15, -0.1) is 0 Å². The maximum absolute atomic E-state index is 13.3. The van der Waals surface area contributed by atoms with Crippen molar-refractivity contribution < 1.29 is 22.0 Å². The fraction of sp³-hybridized carbons (Fsp3) is 0.240. The van der Waals surface area contributed by atoms with E-state index in [9.17, 15) is 17.6 Å². The summed E-state index contributed by atoms with van der Waals surface area (Å²) in [5, 5.41) is 1.12. The van der Waals surface area contributed by atoms with Crippen molar-refractivity contribution >= 4 is 22.0 Å². The second kappa shape index (κ2) is 11.1. The SMILES string of the molecule is CC(C)N(CC(=O)N(Cc1ccc(F)cc1)Cc1ccco1)S(=O)(=O)C=Cc1ccccc1. The first-order chi connectivity index (χ1) is 15.7. The van der Waals surface area contributed by atoms with Gasteiger partial charge in [0.1, 0.15) is 11.6 Å². The molecule has 0 bridgehead atoms. The summed E-state index contributed by atoms with van der Waals surface area (Å²) in [5.41, 5.74) is 1.46. The second-order valence-corrected chi connectivity index (χ2v) is 9.62. The van der Waals surface area contributed by atoms with Crippen LogP contribution < -0.4 is 0 Å². The van der Waals surface area contributed by atoms with Crippen LogP contribution in [0, 0.1) is 5.82 Å². The Morgan fingerprint density at radius 2 is 1.70 bits per heavy atom. The molecule has 0 fully saturated rings. The molecule has 6 nitrogen and oxygen atoms in total. The van der Waals surface area contributed by atoms with E-state index in [2.05, 4.69) is 0 Å². The molecule has 33 heavy (non-hydrogen) atoms. The zero-order valence-electron chi connectivity index (χ0n) is 18.6. The van der Waals surface area contributed by atoms with Crippen molar-refractivity contribution in [2.24, 2.45) is 0 Å². The van der Waals surface area contributed by atoms with E-state index in [0.29, 0.717) is 5.76 Å². The molecular weight excluding hydrogens is 443 g/mol. The summed E-state index contributed by atoms with van der Waals surface area (Å²) in [6.45, 7) is 3.46. The molecule has 0 aliphatic rings. The molecule has 0 atom stereocenters. The number of sulfonamides is 1. The van der Waals surface area contributed by atoms with Crippen molar-refractivity contribution in [2.45, 2.75) is 33.0 Å². The van der Waals surface area contributed by atoms with Gasteiger partial charge >= 0.3 is 0 Å². The lowest BCUT2D eigenvalue weighted by Crippen LogP contribution is -2.44. The van der Waals surface area contributed by atoms with E-state index in [1.807, 2.05) is 18.2 Å². The summed E-state index contributed by atoms with van der Waals surface area (Å²) in [5.74, 6) is -0.195. The van der Waals surface area contributed by atoms with E-state index < -0.39 is 16.1 Å². The molecule has 2 aromatic carbocycles. The zero-order chi connectivity index (χ0) is 23.8. The van der Waals surface area contributed by atoms with Gasteiger partial charge in [-0.05, 0) is 55.3 Å². The molecule has 0 saturated carbocycles. The van der Waals surface area contributed by atoms with Crippen LogP contribution in [0.2, 0.25) is 0 Å². The highest BCUT2D eigenvalue weighted by Gasteiger charge is 2.28. The fourth-order valence-electron chi connectivity index (χ4n) is 3.24. The molecular formula is C25H27FN2O4S. The summed E-state index contributed by atoms with van der Waals surface area (Å²) in [6.07, 6.45) is 3.02. The summed E-state index contributed by atoms with van der Waals surface area (Å²) < 4.78 is 45.9. The van der Waals surface area contributed by atoms with E-state index in [0.717, 1.165) is 20.8 Å². The standard InChI is InChI=1S/C25H27FN2O4S/c1-20(2)28(33(30,31)16-14-21-7-4-3-5-8-21)19-25(29)27(18-24-9-6-15-32-24)17-22-10-12-23(26)13-11-22/h3-16,20H,17-19H2,1-2H3. The van der Waals surface area contributed by atoms with E-state index in [1.165, 1.54) is 29.4 Å². The average molecular weight is 471 g/mol. The van der Waals surface area contributed by atoms with Gasteiger partial charge in [0.05, 0.1) is 19.4 Å². The van der Waals surface area contributed by atoms with Gasteiger partial charge in [0.15, 0.2) is 0 Å². The van der Waals surface area contributed by atoms with E-state index in [4.69, 9.17) is 4.42 Å². The monoisotopic (exact) mass is 470 g/mol. The third kappa shape index (κ3) is 7.13. The minimum atomic E-state index is -3.86. The molecule has 1 heterocycles.